The van der Waals surface area contributed by atoms with Crippen molar-refractivity contribution in [1.29, 1.82) is 0 Å². The Balaban J connectivity index is 1.60. The SMILES string of the molecule is CCOC(=O)c1ccc2c(C(=Nc3ccc(CN(CC)CC)cc3)c3ccc4c(c3)OCO4)c(O)[nH]c2c1. The van der Waals surface area contributed by atoms with E-state index < -0.39 is 5.97 Å². The minimum atomic E-state index is -0.417. The van der Waals surface area contributed by atoms with Gasteiger partial charge in [-0.2, -0.15) is 0 Å². The van der Waals surface area contributed by atoms with Gasteiger partial charge in [0.25, 0.3) is 0 Å². The topological polar surface area (TPSA) is 96.4 Å². The number of esters is 1. The van der Waals surface area contributed by atoms with Crippen molar-refractivity contribution in [2.24, 2.45) is 4.99 Å². The van der Waals surface area contributed by atoms with E-state index in [9.17, 15) is 9.90 Å². The Morgan fingerprint density at radius 3 is 2.45 bits per heavy atom. The van der Waals surface area contributed by atoms with Gasteiger partial charge in [-0.15, -0.1) is 0 Å². The van der Waals surface area contributed by atoms with E-state index in [0.29, 0.717) is 33.9 Å². The smallest absolute Gasteiger partial charge is 0.338 e. The van der Waals surface area contributed by atoms with Crippen LogP contribution in [-0.2, 0) is 11.3 Å². The molecule has 0 radical (unpaired) electrons. The first-order chi connectivity index (χ1) is 18.5. The predicted octanol–water partition coefficient (Wildman–Crippen LogP) is 5.79. The molecule has 196 valence electrons. The standard InChI is InChI=1S/C30H31N3O5/c1-4-33(5-2)17-19-7-11-22(12-8-19)31-28(20-10-14-25-26(16-20)38-18-37-25)27-23-13-9-21(30(35)36-6-3)15-24(23)32-29(27)34/h7-16,32,34H,4-6,17-18H2,1-3H3. The van der Waals surface area contributed by atoms with Gasteiger partial charge in [-0.05, 0) is 68.0 Å². The molecule has 8 nitrogen and oxygen atoms in total. The number of fused-ring (bicyclic) bond motifs is 2. The Labute approximate surface area is 221 Å². The summed E-state index contributed by atoms with van der Waals surface area (Å²) in [5, 5.41) is 11.8. The number of carbonyl (C=O) groups is 1. The van der Waals surface area contributed by atoms with E-state index in [2.05, 4.69) is 35.9 Å². The van der Waals surface area contributed by atoms with E-state index in [1.54, 1.807) is 25.1 Å². The van der Waals surface area contributed by atoms with E-state index in [-0.39, 0.29) is 19.3 Å². The number of nitrogens with one attached hydrogen (secondary N) is 1. The maximum Gasteiger partial charge on any atom is 0.338 e. The molecule has 3 aromatic carbocycles. The molecule has 1 aromatic heterocycles. The number of aliphatic imine (C=N–C) groups is 1. The number of ether oxygens (including phenoxy) is 3. The van der Waals surface area contributed by atoms with Gasteiger partial charge in [-0.1, -0.05) is 32.0 Å². The molecule has 1 aliphatic rings. The first kappa shape index (κ1) is 25.4. The van der Waals surface area contributed by atoms with Gasteiger partial charge < -0.3 is 24.3 Å². The Morgan fingerprint density at radius 2 is 1.71 bits per heavy atom. The molecule has 0 saturated carbocycles. The van der Waals surface area contributed by atoms with Crippen LogP contribution in [0.1, 0.15) is 47.8 Å². The van der Waals surface area contributed by atoms with Crippen LogP contribution in [-0.4, -0.2) is 53.2 Å². The maximum absolute atomic E-state index is 12.3. The van der Waals surface area contributed by atoms with Crippen LogP contribution < -0.4 is 9.47 Å². The highest BCUT2D eigenvalue weighted by Gasteiger charge is 2.22. The van der Waals surface area contributed by atoms with E-state index >= 15 is 0 Å². The molecular formula is C30H31N3O5. The van der Waals surface area contributed by atoms with E-state index in [4.69, 9.17) is 19.2 Å². The van der Waals surface area contributed by atoms with Crippen LogP contribution in [0.4, 0.5) is 5.69 Å². The van der Waals surface area contributed by atoms with Crippen molar-refractivity contribution in [3.8, 4) is 17.4 Å². The lowest BCUT2D eigenvalue weighted by Gasteiger charge is -2.17. The predicted molar refractivity (Wildman–Crippen MR) is 147 cm³/mol. The Bertz CT molecular complexity index is 1490. The first-order valence-electron chi connectivity index (χ1n) is 12.8. The van der Waals surface area contributed by atoms with Crippen molar-refractivity contribution < 1.29 is 24.1 Å². The van der Waals surface area contributed by atoms with Crippen molar-refractivity contribution in [3.05, 3.63) is 82.9 Å². The molecule has 38 heavy (non-hydrogen) atoms. The monoisotopic (exact) mass is 513 g/mol. The van der Waals surface area contributed by atoms with Gasteiger partial charge in [0, 0.05) is 23.0 Å². The number of aromatic nitrogens is 1. The van der Waals surface area contributed by atoms with Crippen molar-refractivity contribution >= 4 is 28.3 Å². The number of hydrogen-bond acceptors (Lipinski definition) is 7. The summed E-state index contributed by atoms with van der Waals surface area (Å²) in [6, 6.07) is 18.9. The zero-order valence-corrected chi connectivity index (χ0v) is 21.8. The van der Waals surface area contributed by atoms with Crippen molar-refractivity contribution in [3.63, 3.8) is 0 Å². The second-order valence-corrected chi connectivity index (χ2v) is 8.99. The molecule has 0 unspecified atom stereocenters. The second kappa shape index (κ2) is 11.0. The third-order valence-corrected chi connectivity index (χ3v) is 6.65. The number of benzene rings is 3. The lowest BCUT2D eigenvalue weighted by Crippen LogP contribution is -2.21. The highest BCUT2D eigenvalue weighted by molar-refractivity contribution is 6.22. The molecule has 0 amide bonds. The number of hydrogen-bond donors (Lipinski definition) is 2. The largest absolute Gasteiger partial charge is 0.494 e. The number of aromatic amines is 1. The van der Waals surface area contributed by atoms with Crippen molar-refractivity contribution in [1.82, 2.24) is 9.88 Å². The first-order valence-corrected chi connectivity index (χ1v) is 12.8. The van der Waals surface area contributed by atoms with Gasteiger partial charge in [0.15, 0.2) is 17.4 Å². The number of rotatable bonds is 9. The number of carbonyl (C=O) groups excluding carboxylic acids is 1. The summed E-state index contributed by atoms with van der Waals surface area (Å²) >= 11 is 0. The zero-order chi connectivity index (χ0) is 26.6. The molecule has 0 atom stereocenters. The molecule has 2 heterocycles. The van der Waals surface area contributed by atoms with Gasteiger partial charge in [0.2, 0.25) is 6.79 Å². The molecule has 0 fully saturated rings. The van der Waals surface area contributed by atoms with Gasteiger partial charge in [0.1, 0.15) is 0 Å². The molecule has 0 bridgehead atoms. The summed E-state index contributed by atoms with van der Waals surface area (Å²) in [5.41, 5.74) is 4.81. The third kappa shape index (κ3) is 5.08. The van der Waals surface area contributed by atoms with Crippen LogP contribution in [0.5, 0.6) is 17.4 Å². The summed E-state index contributed by atoms with van der Waals surface area (Å²) in [6.45, 7) is 9.37. The molecule has 4 aromatic rings. The quantitative estimate of drug-likeness (QED) is 0.217. The van der Waals surface area contributed by atoms with Gasteiger partial charge in [0.05, 0.1) is 29.1 Å². The fourth-order valence-corrected chi connectivity index (χ4v) is 4.58. The van der Waals surface area contributed by atoms with Crippen LogP contribution in [0.2, 0.25) is 0 Å². The van der Waals surface area contributed by atoms with Crippen molar-refractivity contribution in [2.75, 3.05) is 26.5 Å². The van der Waals surface area contributed by atoms with Crippen LogP contribution in [0.15, 0.2) is 65.7 Å². The van der Waals surface area contributed by atoms with E-state index in [1.807, 2.05) is 30.3 Å². The fourth-order valence-electron chi connectivity index (χ4n) is 4.58. The molecule has 2 N–H and O–H groups in total. The molecule has 0 aliphatic carbocycles. The van der Waals surface area contributed by atoms with Crippen LogP contribution in [0.3, 0.4) is 0 Å². The van der Waals surface area contributed by atoms with Gasteiger partial charge in [-0.3, -0.25) is 4.90 Å². The minimum absolute atomic E-state index is 0.0458. The normalized spacial score (nSPS) is 12.9. The summed E-state index contributed by atoms with van der Waals surface area (Å²) in [4.78, 5) is 22.6. The van der Waals surface area contributed by atoms with Crippen LogP contribution in [0, 0.1) is 0 Å². The molecule has 0 spiro atoms. The van der Waals surface area contributed by atoms with Crippen molar-refractivity contribution in [2.45, 2.75) is 27.3 Å². The highest BCUT2D eigenvalue weighted by atomic mass is 16.7. The molecule has 5 rings (SSSR count). The summed E-state index contributed by atoms with van der Waals surface area (Å²) in [5.74, 6) is 0.819. The van der Waals surface area contributed by atoms with E-state index in [1.165, 1.54) is 5.56 Å². The molecule has 8 heteroatoms. The molecule has 0 saturated heterocycles. The number of aromatic hydroxyl groups is 1. The second-order valence-electron chi connectivity index (χ2n) is 8.99. The minimum Gasteiger partial charge on any atom is -0.494 e. The lowest BCUT2D eigenvalue weighted by molar-refractivity contribution is 0.0526. The summed E-state index contributed by atoms with van der Waals surface area (Å²) in [7, 11) is 0. The summed E-state index contributed by atoms with van der Waals surface area (Å²) < 4.78 is 16.2. The van der Waals surface area contributed by atoms with E-state index in [0.717, 1.165) is 36.3 Å². The van der Waals surface area contributed by atoms with Crippen LogP contribution >= 0.6 is 0 Å². The van der Waals surface area contributed by atoms with Crippen LogP contribution in [0.25, 0.3) is 10.9 Å². The zero-order valence-electron chi connectivity index (χ0n) is 21.8. The van der Waals surface area contributed by atoms with Gasteiger partial charge in [-0.25, -0.2) is 9.79 Å². The summed E-state index contributed by atoms with van der Waals surface area (Å²) in [6.07, 6.45) is 0. The highest BCUT2D eigenvalue weighted by Crippen LogP contribution is 2.37. The maximum atomic E-state index is 12.3. The molecule has 1 aliphatic heterocycles. The molecular weight excluding hydrogens is 482 g/mol. The lowest BCUT2D eigenvalue weighted by atomic mass is 9.99. The Kier molecular flexibility index (Phi) is 7.33. The number of nitrogens with zero attached hydrogens (tertiary/aromatic N) is 2. The third-order valence-electron chi connectivity index (χ3n) is 6.65. The average Bonchev–Trinajstić information content (AvgIpc) is 3.53. The number of H-pyrrole nitrogens is 1. The average molecular weight is 514 g/mol. The van der Waals surface area contributed by atoms with Gasteiger partial charge >= 0.3 is 5.97 Å². The Morgan fingerprint density at radius 1 is 0.974 bits per heavy atom. The Hall–Kier alpha value is -4.30. The fraction of sp³-hybridized carbons (Fsp3) is 0.267.